The zero-order valence-corrected chi connectivity index (χ0v) is 13.0. The fourth-order valence-electron chi connectivity index (χ4n) is 1.77. The first kappa shape index (κ1) is 14.5. The molecule has 1 heterocycles. The summed E-state index contributed by atoms with van der Waals surface area (Å²) >= 11 is 5.09. The van der Waals surface area contributed by atoms with Gasteiger partial charge in [-0.15, -0.1) is 11.3 Å². The molecule has 0 aliphatic rings. The van der Waals surface area contributed by atoms with Crippen molar-refractivity contribution in [2.75, 3.05) is 20.3 Å². The van der Waals surface area contributed by atoms with Gasteiger partial charge in [0.25, 0.3) is 0 Å². The molecule has 0 spiro atoms. The molecule has 0 bridgehead atoms. The van der Waals surface area contributed by atoms with Crippen molar-refractivity contribution in [1.29, 1.82) is 0 Å². The highest BCUT2D eigenvalue weighted by molar-refractivity contribution is 9.11. The van der Waals surface area contributed by atoms with Crippen LogP contribution < -0.4 is 10.5 Å². The second-order valence-corrected chi connectivity index (χ2v) is 6.33. The van der Waals surface area contributed by atoms with E-state index < -0.39 is 0 Å². The smallest absolute Gasteiger partial charge is 0.124 e. The Hall–Kier alpha value is -0.880. The summed E-state index contributed by atoms with van der Waals surface area (Å²) in [6.07, 6.45) is 0. The molecule has 3 nitrogen and oxygen atoms in total. The van der Waals surface area contributed by atoms with E-state index in [1.165, 1.54) is 0 Å². The van der Waals surface area contributed by atoms with Crippen molar-refractivity contribution in [3.05, 3.63) is 50.6 Å². The minimum atomic E-state index is -0.179. The van der Waals surface area contributed by atoms with E-state index in [1.54, 1.807) is 18.4 Å². The second kappa shape index (κ2) is 7.05. The van der Waals surface area contributed by atoms with Crippen molar-refractivity contribution in [3.8, 4) is 5.75 Å². The number of thiophene rings is 1. The number of rotatable bonds is 6. The van der Waals surface area contributed by atoms with Crippen molar-refractivity contribution in [2.24, 2.45) is 5.73 Å². The highest BCUT2D eigenvalue weighted by Gasteiger charge is 2.15. The Kier molecular flexibility index (Phi) is 5.39. The monoisotopic (exact) mass is 341 g/mol. The summed E-state index contributed by atoms with van der Waals surface area (Å²) < 4.78 is 11.8. The molecule has 1 atom stereocenters. The van der Waals surface area contributed by atoms with E-state index in [-0.39, 0.29) is 6.04 Å². The van der Waals surface area contributed by atoms with E-state index in [4.69, 9.17) is 15.2 Å². The molecule has 0 radical (unpaired) electrons. The molecule has 2 N–H and O–H groups in total. The number of benzene rings is 1. The van der Waals surface area contributed by atoms with Gasteiger partial charge in [-0.1, -0.05) is 18.2 Å². The average molecular weight is 342 g/mol. The minimum Gasteiger partial charge on any atom is -0.491 e. The molecule has 5 heteroatoms. The number of para-hydroxylation sites is 1. The Morgan fingerprint density at radius 3 is 2.79 bits per heavy atom. The topological polar surface area (TPSA) is 44.5 Å². The summed E-state index contributed by atoms with van der Waals surface area (Å²) in [5.41, 5.74) is 8.38. The largest absolute Gasteiger partial charge is 0.491 e. The Bertz CT molecular complexity index is 530. The fourth-order valence-corrected chi connectivity index (χ4v) is 2.98. The average Bonchev–Trinajstić information content (AvgIpc) is 2.85. The quantitative estimate of drug-likeness (QED) is 0.816. The summed E-state index contributed by atoms with van der Waals surface area (Å²) in [4.78, 5) is 0. The number of hydrogen-bond donors (Lipinski definition) is 1. The minimum absolute atomic E-state index is 0.179. The van der Waals surface area contributed by atoms with Crippen LogP contribution in [0.15, 0.2) is 39.5 Å². The molecule has 0 aliphatic carbocycles. The third kappa shape index (κ3) is 3.79. The number of hydrogen-bond acceptors (Lipinski definition) is 4. The van der Waals surface area contributed by atoms with E-state index >= 15 is 0 Å². The van der Waals surface area contributed by atoms with Gasteiger partial charge in [-0.3, -0.25) is 0 Å². The first-order valence-electron chi connectivity index (χ1n) is 5.92. The Morgan fingerprint density at radius 2 is 2.11 bits per heavy atom. The van der Waals surface area contributed by atoms with Gasteiger partial charge in [0.15, 0.2) is 0 Å². The van der Waals surface area contributed by atoms with Gasteiger partial charge in [-0.25, -0.2) is 0 Å². The van der Waals surface area contributed by atoms with Crippen LogP contribution in [-0.2, 0) is 4.74 Å². The molecule has 19 heavy (non-hydrogen) atoms. The van der Waals surface area contributed by atoms with Crippen molar-refractivity contribution in [2.45, 2.75) is 6.04 Å². The predicted octanol–water partition coefficient (Wildman–Crippen LogP) is 3.58. The third-order valence-corrected chi connectivity index (χ3v) is 4.27. The van der Waals surface area contributed by atoms with Crippen LogP contribution in [0.25, 0.3) is 0 Å². The second-order valence-electron chi connectivity index (χ2n) is 4.04. The van der Waals surface area contributed by atoms with Crippen LogP contribution in [0.1, 0.15) is 17.2 Å². The van der Waals surface area contributed by atoms with E-state index in [2.05, 4.69) is 21.3 Å². The lowest BCUT2D eigenvalue weighted by atomic mass is 10.0. The molecule has 1 aromatic heterocycles. The molecule has 0 amide bonds. The molecule has 0 fully saturated rings. The van der Waals surface area contributed by atoms with Crippen LogP contribution in [0.3, 0.4) is 0 Å². The lowest BCUT2D eigenvalue weighted by Gasteiger charge is -2.16. The molecular weight excluding hydrogens is 326 g/mol. The van der Waals surface area contributed by atoms with Crippen molar-refractivity contribution in [3.63, 3.8) is 0 Å². The summed E-state index contributed by atoms with van der Waals surface area (Å²) in [6.45, 7) is 1.08. The molecule has 102 valence electrons. The summed E-state index contributed by atoms with van der Waals surface area (Å²) in [7, 11) is 1.66. The van der Waals surface area contributed by atoms with Crippen LogP contribution in [0.2, 0.25) is 0 Å². The van der Waals surface area contributed by atoms with Crippen LogP contribution >= 0.6 is 27.3 Å². The molecular formula is C14H16BrNO2S. The maximum Gasteiger partial charge on any atom is 0.124 e. The zero-order valence-electron chi connectivity index (χ0n) is 10.6. The van der Waals surface area contributed by atoms with Gasteiger partial charge in [0, 0.05) is 12.7 Å². The van der Waals surface area contributed by atoms with E-state index in [1.807, 2.05) is 30.3 Å². The predicted molar refractivity (Wildman–Crippen MR) is 81.9 cm³/mol. The third-order valence-electron chi connectivity index (χ3n) is 2.75. The molecule has 1 unspecified atom stereocenters. The highest BCUT2D eigenvalue weighted by atomic mass is 79.9. The van der Waals surface area contributed by atoms with Crippen LogP contribution in [0, 0.1) is 0 Å². The van der Waals surface area contributed by atoms with Crippen molar-refractivity contribution < 1.29 is 9.47 Å². The lowest BCUT2D eigenvalue weighted by Crippen LogP contribution is -2.14. The normalized spacial score (nSPS) is 12.4. The lowest BCUT2D eigenvalue weighted by molar-refractivity contribution is 0.145. The highest BCUT2D eigenvalue weighted by Crippen LogP contribution is 2.32. The standard InChI is InChI=1S/C14H16BrNO2S/c1-17-6-7-18-12-5-3-2-4-11(12)14(16)10-8-13(15)19-9-10/h2-5,8-9,14H,6-7,16H2,1H3. The van der Waals surface area contributed by atoms with Gasteiger partial charge in [0.2, 0.25) is 0 Å². The molecule has 0 saturated carbocycles. The molecule has 1 aromatic carbocycles. The summed E-state index contributed by atoms with van der Waals surface area (Å²) in [5, 5.41) is 2.06. The first-order valence-corrected chi connectivity index (χ1v) is 7.60. The van der Waals surface area contributed by atoms with Crippen LogP contribution in [-0.4, -0.2) is 20.3 Å². The van der Waals surface area contributed by atoms with E-state index in [9.17, 15) is 0 Å². The molecule has 0 aliphatic heterocycles. The fraction of sp³-hybridized carbons (Fsp3) is 0.286. The summed E-state index contributed by atoms with van der Waals surface area (Å²) in [6, 6.07) is 9.72. The zero-order chi connectivity index (χ0) is 13.7. The Labute approximate surface area is 125 Å². The van der Waals surface area contributed by atoms with Gasteiger partial charge in [-0.05, 0) is 39.0 Å². The van der Waals surface area contributed by atoms with E-state index in [0.29, 0.717) is 13.2 Å². The number of halogens is 1. The Morgan fingerprint density at radius 1 is 1.32 bits per heavy atom. The molecule has 2 rings (SSSR count). The van der Waals surface area contributed by atoms with Gasteiger partial charge in [-0.2, -0.15) is 0 Å². The maximum atomic E-state index is 6.31. The number of ether oxygens (including phenoxy) is 2. The molecule has 2 aromatic rings. The van der Waals surface area contributed by atoms with Gasteiger partial charge < -0.3 is 15.2 Å². The van der Waals surface area contributed by atoms with Crippen LogP contribution in [0.4, 0.5) is 0 Å². The van der Waals surface area contributed by atoms with Gasteiger partial charge in [0.05, 0.1) is 16.4 Å². The van der Waals surface area contributed by atoms with Crippen molar-refractivity contribution in [1.82, 2.24) is 0 Å². The van der Waals surface area contributed by atoms with Crippen LogP contribution in [0.5, 0.6) is 5.75 Å². The maximum absolute atomic E-state index is 6.31. The van der Waals surface area contributed by atoms with Crippen molar-refractivity contribution >= 4 is 27.3 Å². The van der Waals surface area contributed by atoms with Gasteiger partial charge >= 0.3 is 0 Å². The van der Waals surface area contributed by atoms with E-state index in [0.717, 1.165) is 20.7 Å². The first-order chi connectivity index (χ1) is 9.22. The summed E-state index contributed by atoms with van der Waals surface area (Å²) in [5.74, 6) is 0.814. The SMILES string of the molecule is COCCOc1ccccc1C(N)c1csc(Br)c1. The Balaban J connectivity index is 2.18. The molecule has 0 saturated heterocycles. The number of nitrogens with two attached hydrogens (primary N) is 1. The number of methoxy groups -OCH3 is 1. The van der Waals surface area contributed by atoms with Gasteiger partial charge in [0.1, 0.15) is 12.4 Å².